The average molecular weight is 183 g/mol. The molecule has 1 aliphatic rings. The predicted octanol–water partition coefficient (Wildman–Crippen LogP) is 3.44. The fourth-order valence-corrected chi connectivity index (χ4v) is 1.85. The zero-order chi connectivity index (χ0) is 8.32. The molecule has 0 radical (unpaired) electrons. The van der Waals surface area contributed by atoms with Crippen molar-refractivity contribution >= 4 is 11.6 Å². The van der Waals surface area contributed by atoms with Crippen LogP contribution in [-0.4, -0.2) is 11.8 Å². The minimum atomic E-state index is -2.62. The molecule has 1 saturated carbocycles. The summed E-state index contributed by atoms with van der Waals surface area (Å²) in [6, 6.07) is 0. The quantitative estimate of drug-likeness (QED) is 0.574. The van der Waals surface area contributed by atoms with Crippen molar-refractivity contribution in [2.45, 2.75) is 38.0 Å². The highest BCUT2D eigenvalue weighted by Crippen LogP contribution is 2.36. The lowest BCUT2D eigenvalue weighted by atomic mass is 9.85. The van der Waals surface area contributed by atoms with Crippen molar-refractivity contribution < 1.29 is 8.78 Å². The smallest absolute Gasteiger partial charge is 0.205 e. The van der Waals surface area contributed by atoms with Gasteiger partial charge < -0.3 is 0 Å². The molecule has 0 bridgehead atoms. The molecule has 0 spiro atoms. The van der Waals surface area contributed by atoms with E-state index < -0.39 is 17.7 Å². The van der Waals surface area contributed by atoms with Gasteiger partial charge in [-0.15, -0.1) is 11.6 Å². The van der Waals surface area contributed by atoms with Crippen molar-refractivity contribution in [1.82, 2.24) is 0 Å². The molecule has 0 unspecified atom stereocenters. The van der Waals surface area contributed by atoms with Crippen LogP contribution in [0.2, 0.25) is 0 Å². The number of hydrogen-bond acceptors (Lipinski definition) is 0. The van der Waals surface area contributed by atoms with Crippen molar-refractivity contribution in [3.63, 3.8) is 0 Å². The molecule has 1 aliphatic carbocycles. The summed E-state index contributed by atoms with van der Waals surface area (Å²) in [5.41, 5.74) is 0. The average Bonchev–Trinajstić information content (AvgIpc) is 2.06. The van der Waals surface area contributed by atoms with Crippen LogP contribution in [0.5, 0.6) is 0 Å². The summed E-state index contributed by atoms with van der Waals surface area (Å²) in [7, 11) is 0. The van der Waals surface area contributed by atoms with E-state index in [0.29, 0.717) is 12.8 Å². The Morgan fingerprint density at radius 2 is 1.73 bits per heavy atom. The van der Waals surface area contributed by atoms with Crippen LogP contribution in [0.4, 0.5) is 8.78 Å². The normalized spacial score (nSPS) is 22.1. The van der Waals surface area contributed by atoms with Gasteiger partial charge in [0.2, 0.25) is 0 Å². The molecule has 0 aromatic rings. The summed E-state index contributed by atoms with van der Waals surface area (Å²) < 4.78 is 25.8. The Kier molecular flexibility index (Phi) is 3.11. The van der Waals surface area contributed by atoms with Gasteiger partial charge in [-0.05, 0) is 12.8 Å². The van der Waals surface area contributed by atoms with Crippen molar-refractivity contribution in [1.29, 1.82) is 0 Å². The van der Waals surface area contributed by atoms with E-state index in [0.717, 1.165) is 19.3 Å². The van der Waals surface area contributed by atoms with Crippen LogP contribution in [0.1, 0.15) is 32.1 Å². The van der Waals surface area contributed by atoms with E-state index in [4.69, 9.17) is 11.6 Å². The molecular formula is C8H13ClF2. The minimum Gasteiger partial charge on any atom is -0.205 e. The van der Waals surface area contributed by atoms with Gasteiger partial charge in [0.1, 0.15) is 0 Å². The van der Waals surface area contributed by atoms with E-state index >= 15 is 0 Å². The highest BCUT2D eigenvalue weighted by molar-refractivity contribution is 6.18. The molecule has 0 saturated heterocycles. The molecular weight excluding hydrogens is 170 g/mol. The van der Waals surface area contributed by atoms with Crippen LogP contribution >= 0.6 is 11.6 Å². The molecule has 1 rings (SSSR count). The van der Waals surface area contributed by atoms with E-state index in [1.807, 2.05) is 0 Å². The minimum absolute atomic E-state index is 0.450. The van der Waals surface area contributed by atoms with Crippen LogP contribution in [0.15, 0.2) is 0 Å². The lowest BCUT2D eigenvalue weighted by Crippen LogP contribution is -2.31. The van der Waals surface area contributed by atoms with E-state index in [9.17, 15) is 8.78 Å². The largest absolute Gasteiger partial charge is 0.264 e. The third-order valence-electron chi connectivity index (χ3n) is 2.38. The Bertz CT molecular complexity index is 119. The second-order valence-corrected chi connectivity index (χ2v) is 3.50. The highest BCUT2D eigenvalue weighted by atomic mass is 35.5. The van der Waals surface area contributed by atoms with Gasteiger partial charge >= 0.3 is 0 Å². The zero-order valence-electron chi connectivity index (χ0n) is 6.45. The number of hydrogen-bond donors (Lipinski definition) is 0. The Labute approximate surface area is 70.9 Å². The summed E-state index contributed by atoms with van der Waals surface area (Å²) in [5, 5.41) is 0. The highest BCUT2D eigenvalue weighted by Gasteiger charge is 2.38. The van der Waals surface area contributed by atoms with Crippen molar-refractivity contribution in [2.75, 3.05) is 5.88 Å². The lowest BCUT2D eigenvalue weighted by molar-refractivity contribution is -0.0494. The Hall–Kier alpha value is 0.150. The third-order valence-corrected chi connectivity index (χ3v) is 2.74. The molecule has 0 amide bonds. The van der Waals surface area contributed by atoms with Gasteiger partial charge in [0.05, 0.1) is 5.88 Å². The second kappa shape index (κ2) is 3.70. The van der Waals surface area contributed by atoms with E-state index in [1.165, 1.54) is 0 Å². The zero-order valence-corrected chi connectivity index (χ0v) is 7.21. The second-order valence-electron chi connectivity index (χ2n) is 3.23. The predicted molar refractivity (Wildman–Crippen MR) is 42.2 cm³/mol. The molecule has 0 nitrogen and oxygen atoms in total. The van der Waals surface area contributed by atoms with Gasteiger partial charge in [0, 0.05) is 5.92 Å². The van der Waals surface area contributed by atoms with Gasteiger partial charge in [-0.25, -0.2) is 8.78 Å². The summed E-state index contributed by atoms with van der Waals surface area (Å²) in [6.45, 7) is 0. The first-order chi connectivity index (χ1) is 5.17. The maximum Gasteiger partial charge on any atom is 0.264 e. The van der Waals surface area contributed by atoms with Gasteiger partial charge in [-0.2, -0.15) is 0 Å². The molecule has 11 heavy (non-hydrogen) atoms. The van der Waals surface area contributed by atoms with Crippen LogP contribution < -0.4 is 0 Å². The Balaban J connectivity index is 2.43. The van der Waals surface area contributed by atoms with E-state index in [1.54, 1.807) is 0 Å². The monoisotopic (exact) mass is 182 g/mol. The van der Waals surface area contributed by atoms with Crippen LogP contribution in [0, 0.1) is 5.92 Å². The van der Waals surface area contributed by atoms with Gasteiger partial charge in [0.25, 0.3) is 5.92 Å². The maximum absolute atomic E-state index is 12.9. The molecule has 0 aliphatic heterocycles. The first-order valence-corrected chi connectivity index (χ1v) is 4.64. The maximum atomic E-state index is 12.9. The van der Waals surface area contributed by atoms with E-state index in [-0.39, 0.29) is 0 Å². The first-order valence-electron chi connectivity index (χ1n) is 4.10. The van der Waals surface area contributed by atoms with Crippen molar-refractivity contribution in [3.05, 3.63) is 0 Å². The summed E-state index contributed by atoms with van der Waals surface area (Å²) in [4.78, 5) is 0. The van der Waals surface area contributed by atoms with Gasteiger partial charge in [0.15, 0.2) is 0 Å². The van der Waals surface area contributed by atoms with Crippen molar-refractivity contribution in [3.8, 4) is 0 Å². The Morgan fingerprint density at radius 3 is 2.18 bits per heavy atom. The molecule has 0 aromatic carbocycles. The van der Waals surface area contributed by atoms with Gasteiger partial charge in [-0.3, -0.25) is 0 Å². The summed E-state index contributed by atoms with van der Waals surface area (Å²) in [5.74, 6) is -3.59. The lowest BCUT2D eigenvalue weighted by Gasteiger charge is -2.28. The fourth-order valence-electron chi connectivity index (χ4n) is 1.63. The van der Waals surface area contributed by atoms with E-state index in [2.05, 4.69) is 0 Å². The molecule has 0 heterocycles. The number of halogens is 3. The number of alkyl halides is 3. The van der Waals surface area contributed by atoms with Crippen molar-refractivity contribution in [2.24, 2.45) is 5.92 Å². The standard InChI is InChI=1S/C8H13ClF2/c9-6-8(10,11)7-4-2-1-3-5-7/h7H,1-6H2. The fraction of sp³-hybridized carbons (Fsp3) is 1.00. The third kappa shape index (κ3) is 2.29. The Morgan fingerprint density at radius 1 is 1.18 bits per heavy atom. The van der Waals surface area contributed by atoms with Crippen LogP contribution in [0.25, 0.3) is 0 Å². The van der Waals surface area contributed by atoms with Crippen LogP contribution in [-0.2, 0) is 0 Å². The first kappa shape index (κ1) is 9.24. The molecule has 3 heteroatoms. The topological polar surface area (TPSA) is 0 Å². The molecule has 1 fully saturated rings. The molecule has 66 valence electrons. The number of rotatable bonds is 2. The molecule has 0 atom stereocenters. The SMILES string of the molecule is FC(F)(CCl)C1CCCCC1. The van der Waals surface area contributed by atoms with Gasteiger partial charge in [-0.1, -0.05) is 19.3 Å². The van der Waals surface area contributed by atoms with Crippen LogP contribution in [0.3, 0.4) is 0 Å². The molecule has 0 aromatic heterocycles. The summed E-state index contributed by atoms with van der Waals surface area (Å²) >= 11 is 5.18. The molecule has 0 N–H and O–H groups in total. The summed E-state index contributed by atoms with van der Waals surface area (Å²) in [6.07, 6.45) is 4.29.